The van der Waals surface area contributed by atoms with Crippen LogP contribution >= 0.6 is 48.9 Å². The first kappa shape index (κ1) is 19.1. The molecule has 0 saturated carbocycles. The monoisotopic (exact) mass is 319 g/mol. The van der Waals surface area contributed by atoms with Crippen molar-refractivity contribution in [3.05, 3.63) is 30.6 Å². The van der Waals surface area contributed by atoms with Crippen LogP contribution < -0.4 is 22.9 Å². The van der Waals surface area contributed by atoms with E-state index < -0.39 is 0 Å². The predicted octanol–water partition coefficient (Wildman–Crippen LogP) is 0.199. The van der Waals surface area contributed by atoms with Gasteiger partial charge in [0.05, 0.1) is 0 Å². The molecule has 0 unspecified atom stereocenters. The highest BCUT2D eigenvalue weighted by molar-refractivity contribution is 7.89. The van der Waals surface area contributed by atoms with E-state index in [1.54, 1.807) is 12.4 Å². The molecular weight excluding hydrogens is 306 g/mol. The van der Waals surface area contributed by atoms with Crippen LogP contribution in [0, 0.1) is 0 Å². The maximum absolute atomic E-state index is 4.90. The van der Waals surface area contributed by atoms with Gasteiger partial charge in [0, 0.05) is 12.4 Å². The lowest BCUT2D eigenvalue weighted by atomic mass is 10.5. The lowest BCUT2D eigenvalue weighted by Gasteiger charge is -1.84. The minimum Gasteiger partial charge on any atom is -0.388 e. The summed E-state index contributed by atoms with van der Waals surface area (Å²) in [5.41, 5.74) is 19.6. The van der Waals surface area contributed by atoms with Crippen LogP contribution in [0.25, 0.3) is 0 Å². The predicted molar refractivity (Wildman–Crippen MR) is 91.4 cm³/mol. The van der Waals surface area contributed by atoms with Gasteiger partial charge in [-0.05, 0) is 12.1 Å². The molecule has 1 aromatic rings. The zero-order chi connectivity index (χ0) is 14.6. The van der Waals surface area contributed by atoms with Gasteiger partial charge in [0.2, 0.25) is 0 Å². The van der Waals surface area contributed by atoms with Crippen LogP contribution in [-0.4, -0.2) is 24.9 Å². The highest BCUT2D eigenvalue weighted by Crippen LogP contribution is 1.73. The lowest BCUT2D eigenvalue weighted by molar-refractivity contribution is 1.33. The second-order valence-corrected chi connectivity index (χ2v) is 4.24. The molecule has 0 aliphatic carbocycles. The minimum absolute atomic E-state index is 0.102. The molecule has 0 aliphatic heterocycles. The van der Waals surface area contributed by atoms with Crippen molar-refractivity contribution in [3.8, 4) is 0 Å². The number of hydrogen-bond acceptors (Lipinski definition) is 5. The number of pyridine rings is 1. The molecule has 0 amide bonds. The molecule has 1 aromatic heterocycles. The van der Waals surface area contributed by atoms with Crippen molar-refractivity contribution < 1.29 is 0 Å². The van der Waals surface area contributed by atoms with E-state index in [4.69, 9.17) is 22.9 Å². The average Bonchev–Trinajstić information content (AvgIpc) is 2.32. The van der Waals surface area contributed by atoms with Crippen LogP contribution in [-0.2, 0) is 0 Å². The first-order valence-electron chi connectivity index (χ1n) is 4.32. The van der Waals surface area contributed by atoms with Crippen LogP contribution in [0.3, 0.4) is 0 Å². The minimum atomic E-state index is 0.102. The molecule has 18 heavy (non-hydrogen) atoms. The van der Waals surface area contributed by atoms with Gasteiger partial charge in [0.1, 0.15) is 20.0 Å². The van der Waals surface area contributed by atoms with Gasteiger partial charge in [-0.15, -0.1) is 0 Å². The van der Waals surface area contributed by atoms with Crippen molar-refractivity contribution >= 4 is 68.8 Å². The van der Waals surface area contributed by atoms with Gasteiger partial charge in [-0.2, -0.15) is 0 Å². The Balaban J connectivity index is 0. The highest BCUT2D eigenvalue weighted by Gasteiger charge is 1.85. The van der Waals surface area contributed by atoms with E-state index in [0.717, 1.165) is 0 Å². The Morgan fingerprint density at radius 2 is 0.889 bits per heavy atom. The van der Waals surface area contributed by atoms with Gasteiger partial charge in [-0.3, -0.25) is 4.98 Å². The van der Waals surface area contributed by atoms with E-state index in [0.29, 0.717) is 0 Å². The highest BCUT2D eigenvalue weighted by atomic mass is 32.1. The second kappa shape index (κ2) is 12.2. The van der Waals surface area contributed by atoms with Crippen molar-refractivity contribution in [1.29, 1.82) is 0 Å². The SMILES string of the molecule is NC(=S)C(N)=S.NC(=S)C(N)=S.c1ccncc1. The topological polar surface area (TPSA) is 117 Å². The van der Waals surface area contributed by atoms with E-state index in [1.807, 2.05) is 18.2 Å². The van der Waals surface area contributed by atoms with Gasteiger partial charge in [-0.1, -0.05) is 54.9 Å². The molecule has 1 rings (SSSR count). The fourth-order valence-corrected chi connectivity index (χ4v) is 0.313. The van der Waals surface area contributed by atoms with E-state index in [-0.39, 0.29) is 20.0 Å². The van der Waals surface area contributed by atoms with Crippen molar-refractivity contribution in [1.82, 2.24) is 4.98 Å². The summed E-state index contributed by atoms with van der Waals surface area (Å²) in [5.74, 6) is 0. The molecule has 0 aliphatic rings. The first-order chi connectivity index (χ1) is 8.29. The number of nitrogens with zero attached hydrogens (tertiary/aromatic N) is 1. The standard InChI is InChI=1S/C5H5N.2C2H4N2S2/c1-2-4-6-5-3-1;2*3-1(5)2(4)6/h1-5H;2*(H2,3,5)(H2,4,6). The van der Waals surface area contributed by atoms with Gasteiger partial charge < -0.3 is 22.9 Å². The maximum atomic E-state index is 4.90. The number of aromatic nitrogens is 1. The first-order valence-corrected chi connectivity index (χ1v) is 5.95. The number of hydrogen-bond donors (Lipinski definition) is 4. The van der Waals surface area contributed by atoms with E-state index in [2.05, 4.69) is 53.9 Å². The van der Waals surface area contributed by atoms with Crippen LogP contribution in [0.5, 0.6) is 0 Å². The summed E-state index contributed by atoms with van der Waals surface area (Å²) in [6.45, 7) is 0. The summed E-state index contributed by atoms with van der Waals surface area (Å²) in [5, 5.41) is 0. The average molecular weight is 320 g/mol. The number of nitrogens with two attached hydrogens (primary N) is 4. The second-order valence-electron chi connectivity index (χ2n) is 2.48. The van der Waals surface area contributed by atoms with Crippen LogP contribution in [0.2, 0.25) is 0 Å². The Bertz CT molecular complexity index is 332. The summed E-state index contributed by atoms with van der Waals surface area (Å²) < 4.78 is 0. The Morgan fingerprint density at radius 1 is 0.611 bits per heavy atom. The summed E-state index contributed by atoms with van der Waals surface area (Å²) in [4.78, 5) is 4.19. The third-order valence-corrected chi connectivity index (χ3v) is 2.19. The van der Waals surface area contributed by atoms with Crippen molar-refractivity contribution in [3.63, 3.8) is 0 Å². The fraction of sp³-hybridized carbons (Fsp3) is 0. The van der Waals surface area contributed by atoms with Crippen LogP contribution in [0.15, 0.2) is 30.6 Å². The smallest absolute Gasteiger partial charge is 0.131 e. The van der Waals surface area contributed by atoms with E-state index >= 15 is 0 Å². The molecule has 0 fully saturated rings. The summed E-state index contributed by atoms with van der Waals surface area (Å²) >= 11 is 17.3. The molecule has 8 N–H and O–H groups in total. The van der Waals surface area contributed by atoms with Gasteiger partial charge in [-0.25, -0.2) is 0 Å². The molecule has 0 atom stereocenters. The summed E-state index contributed by atoms with van der Waals surface area (Å²) in [6, 6.07) is 5.72. The number of thiocarbonyl (C=S) groups is 4. The van der Waals surface area contributed by atoms with Gasteiger partial charge in [0.25, 0.3) is 0 Å². The molecule has 9 heteroatoms. The molecule has 5 nitrogen and oxygen atoms in total. The molecule has 98 valence electrons. The lowest BCUT2D eigenvalue weighted by Crippen LogP contribution is -2.26. The Labute approximate surface area is 127 Å². The van der Waals surface area contributed by atoms with Crippen LogP contribution in [0.1, 0.15) is 0 Å². The fourth-order valence-electron chi connectivity index (χ4n) is 0.313. The molecule has 0 saturated heterocycles. The molecule has 0 spiro atoms. The Morgan fingerprint density at radius 3 is 0.944 bits per heavy atom. The Kier molecular flexibility index (Phi) is 12.9. The molecule has 0 aromatic carbocycles. The number of rotatable bonds is 0. The summed E-state index contributed by atoms with van der Waals surface area (Å²) in [6.07, 6.45) is 3.50. The van der Waals surface area contributed by atoms with Crippen molar-refractivity contribution in [2.75, 3.05) is 0 Å². The molecule has 0 bridgehead atoms. The zero-order valence-electron chi connectivity index (χ0n) is 9.28. The maximum Gasteiger partial charge on any atom is 0.131 e. The van der Waals surface area contributed by atoms with Gasteiger partial charge in [0.15, 0.2) is 0 Å². The van der Waals surface area contributed by atoms with Crippen molar-refractivity contribution in [2.45, 2.75) is 0 Å². The summed E-state index contributed by atoms with van der Waals surface area (Å²) in [7, 11) is 0. The quantitative estimate of drug-likeness (QED) is 0.497. The zero-order valence-corrected chi connectivity index (χ0v) is 12.5. The normalized spacial score (nSPS) is 7.56. The van der Waals surface area contributed by atoms with E-state index in [9.17, 15) is 0 Å². The molecule has 0 radical (unpaired) electrons. The van der Waals surface area contributed by atoms with Gasteiger partial charge >= 0.3 is 0 Å². The van der Waals surface area contributed by atoms with Crippen molar-refractivity contribution in [2.24, 2.45) is 22.9 Å². The van der Waals surface area contributed by atoms with Crippen LogP contribution in [0.4, 0.5) is 0 Å². The third-order valence-electron chi connectivity index (χ3n) is 1.05. The molecular formula is C9H13N5S4. The largest absolute Gasteiger partial charge is 0.388 e. The molecule has 1 heterocycles. The Hall–Kier alpha value is -1.29. The van der Waals surface area contributed by atoms with E-state index in [1.165, 1.54) is 0 Å². The third kappa shape index (κ3) is 17.1.